The highest BCUT2D eigenvalue weighted by Crippen LogP contribution is 2.37. The number of benzene rings is 1. The number of carbonyl (C=O) groups excluding carboxylic acids is 2. The SMILES string of the molecule is CCONC(C)=C1C(=O)CC(CCSc2ccc(Cl)c(C(F)(F)F)c2)CC1=O. The molecule has 1 aromatic carbocycles. The Morgan fingerprint density at radius 2 is 1.93 bits per heavy atom. The van der Waals surface area contributed by atoms with E-state index in [0.29, 0.717) is 29.4 Å². The number of rotatable bonds is 7. The lowest BCUT2D eigenvalue weighted by Gasteiger charge is -2.23. The lowest BCUT2D eigenvalue weighted by atomic mass is 9.82. The Bertz CT molecular complexity index is 760. The second kappa shape index (κ2) is 9.80. The van der Waals surface area contributed by atoms with Crippen molar-refractivity contribution in [3.8, 4) is 0 Å². The Kier molecular flexibility index (Phi) is 7.97. The molecule has 0 amide bonds. The first-order valence-electron chi connectivity index (χ1n) is 8.78. The van der Waals surface area contributed by atoms with Crippen LogP contribution >= 0.6 is 23.4 Å². The number of halogens is 4. The van der Waals surface area contributed by atoms with Crippen LogP contribution in [-0.2, 0) is 20.6 Å². The van der Waals surface area contributed by atoms with Crippen molar-refractivity contribution >= 4 is 34.9 Å². The number of thioether (sulfide) groups is 1. The van der Waals surface area contributed by atoms with Crippen LogP contribution in [-0.4, -0.2) is 23.9 Å². The van der Waals surface area contributed by atoms with E-state index in [1.807, 2.05) is 0 Å². The zero-order valence-electron chi connectivity index (χ0n) is 15.5. The molecule has 1 aliphatic rings. The molecule has 9 heteroatoms. The van der Waals surface area contributed by atoms with Crippen LogP contribution in [0.15, 0.2) is 34.4 Å². The van der Waals surface area contributed by atoms with Gasteiger partial charge in [0.25, 0.3) is 0 Å². The first-order valence-corrected chi connectivity index (χ1v) is 10.1. The number of allylic oxidation sites excluding steroid dienone is 2. The second-order valence-electron chi connectivity index (χ2n) is 6.43. The van der Waals surface area contributed by atoms with E-state index in [1.165, 1.54) is 23.9 Å². The molecule has 0 bridgehead atoms. The molecule has 0 aromatic heterocycles. The van der Waals surface area contributed by atoms with Crippen LogP contribution in [0.2, 0.25) is 5.02 Å². The number of ketones is 2. The van der Waals surface area contributed by atoms with Gasteiger partial charge in [0.05, 0.1) is 22.8 Å². The van der Waals surface area contributed by atoms with Crippen molar-refractivity contribution in [1.29, 1.82) is 0 Å². The summed E-state index contributed by atoms with van der Waals surface area (Å²) in [5.41, 5.74) is 2.28. The standard InChI is InChI=1S/C19H21ClF3NO3S/c1-3-27-24-11(2)18-16(25)8-12(9-17(18)26)6-7-28-13-4-5-15(20)14(10-13)19(21,22)23/h4-5,10,12,24H,3,6-9H2,1-2H3. The summed E-state index contributed by atoms with van der Waals surface area (Å²) in [5.74, 6) is -0.0894. The van der Waals surface area contributed by atoms with Crippen molar-refractivity contribution in [3.05, 3.63) is 40.1 Å². The van der Waals surface area contributed by atoms with Gasteiger partial charge in [0.2, 0.25) is 0 Å². The van der Waals surface area contributed by atoms with Crippen LogP contribution in [0.5, 0.6) is 0 Å². The van der Waals surface area contributed by atoms with Gasteiger partial charge in [-0.3, -0.25) is 19.9 Å². The molecule has 1 N–H and O–H groups in total. The summed E-state index contributed by atoms with van der Waals surface area (Å²) in [7, 11) is 0. The van der Waals surface area contributed by atoms with E-state index in [2.05, 4.69) is 5.48 Å². The fraction of sp³-hybridized carbons (Fsp3) is 0.474. The fourth-order valence-electron chi connectivity index (χ4n) is 2.96. The average Bonchev–Trinajstić information content (AvgIpc) is 2.59. The zero-order valence-corrected chi connectivity index (χ0v) is 17.1. The van der Waals surface area contributed by atoms with Crippen LogP contribution in [0.3, 0.4) is 0 Å². The van der Waals surface area contributed by atoms with Gasteiger partial charge in [0.1, 0.15) is 0 Å². The first kappa shape index (κ1) is 22.8. The van der Waals surface area contributed by atoms with Gasteiger partial charge in [-0.15, -0.1) is 11.8 Å². The summed E-state index contributed by atoms with van der Waals surface area (Å²) < 4.78 is 38.8. The normalized spacial score (nSPS) is 17.8. The smallest absolute Gasteiger partial charge is 0.294 e. The Balaban J connectivity index is 1.93. The summed E-state index contributed by atoms with van der Waals surface area (Å²) in [5, 5.41) is -0.337. The molecule has 28 heavy (non-hydrogen) atoms. The number of alkyl halides is 3. The summed E-state index contributed by atoms with van der Waals surface area (Å²) in [6.45, 7) is 3.80. The maximum atomic E-state index is 12.9. The van der Waals surface area contributed by atoms with Gasteiger partial charge in [-0.05, 0) is 50.1 Å². The van der Waals surface area contributed by atoms with E-state index >= 15 is 0 Å². The second-order valence-corrected chi connectivity index (χ2v) is 8.01. The van der Waals surface area contributed by atoms with Gasteiger partial charge in [0, 0.05) is 23.4 Å². The number of nitrogens with one attached hydrogen (secondary N) is 1. The fourth-order valence-corrected chi connectivity index (χ4v) is 4.24. The predicted octanol–water partition coefficient (Wildman–Crippen LogP) is 5.20. The summed E-state index contributed by atoms with van der Waals surface area (Å²) in [4.78, 5) is 30.1. The topological polar surface area (TPSA) is 55.4 Å². The predicted molar refractivity (Wildman–Crippen MR) is 102 cm³/mol. The van der Waals surface area contributed by atoms with E-state index in [0.717, 1.165) is 6.07 Å². The zero-order chi connectivity index (χ0) is 20.9. The van der Waals surface area contributed by atoms with Gasteiger partial charge in [-0.2, -0.15) is 13.2 Å². The Morgan fingerprint density at radius 3 is 2.50 bits per heavy atom. The minimum absolute atomic E-state index is 0.120. The average molecular weight is 436 g/mol. The quantitative estimate of drug-likeness (QED) is 0.276. The highest BCUT2D eigenvalue weighted by molar-refractivity contribution is 7.99. The summed E-state index contributed by atoms with van der Waals surface area (Å²) >= 11 is 6.87. The molecule has 0 radical (unpaired) electrons. The minimum atomic E-state index is -4.51. The van der Waals surface area contributed by atoms with E-state index in [-0.39, 0.29) is 40.9 Å². The van der Waals surface area contributed by atoms with E-state index in [4.69, 9.17) is 16.4 Å². The molecule has 1 aromatic rings. The van der Waals surface area contributed by atoms with Gasteiger partial charge in [0.15, 0.2) is 11.6 Å². The molecule has 154 valence electrons. The number of hydroxylamine groups is 1. The Morgan fingerprint density at radius 1 is 1.29 bits per heavy atom. The molecule has 0 aliphatic heterocycles. The largest absolute Gasteiger partial charge is 0.417 e. The third kappa shape index (κ3) is 5.99. The molecule has 0 saturated heterocycles. The Labute approximate surface area is 170 Å². The molecule has 0 heterocycles. The van der Waals surface area contributed by atoms with Crippen LogP contribution < -0.4 is 5.48 Å². The van der Waals surface area contributed by atoms with Crippen molar-refractivity contribution in [2.75, 3.05) is 12.4 Å². The number of hydrogen-bond donors (Lipinski definition) is 1. The monoisotopic (exact) mass is 435 g/mol. The minimum Gasteiger partial charge on any atom is -0.294 e. The van der Waals surface area contributed by atoms with Gasteiger partial charge >= 0.3 is 6.18 Å². The number of Topliss-reactive ketones (excluding diaryl/α,β-unsaturated/α-hetero) is 2. The molecular formula is C19H21ClF3NO3S. The molecule has 1 saturated carbocycles. The molecule has 0 unspecified atom stereocenters. The maximum Gasteiger partial charge on any atom is 0.417 e. The lowest BCUT2D eigenvalue weighted by molar-refractivity contribution is -0.137. The van der Waals surface area contributed by atoms with Crippen molar-refractivity contribution in [2.24, 2.45) is 5.92 Å². The van der Waals surface area contributed by atoms with Crippen molar-refractivity contribution in [1.82, 2.24) is 5.48 Å². The highest BCUT2D eigenvalue weighted by Gasteiger charge is 2.34. The summed E-state index contributed by atoms with van der Waals surface area (Å²) in [6, 6.07) is 3.78. The van der Waals surface area contributed by atoms with E-state index in [1.54, 1.807) is 13.8 Å². The molecule has 4 nitrogen and oxygen atoms in total. The van der Waals surface area contributed by atoms with E-state index < -0.39 is 11.7 Å². The van der Waals surface area contributed by atoms with Gasteiger partial charge in [-0.25, -0.2) is 0 Å². The lowest BCUT2D eigenvalue weighted by Crippen LogP contribution is -2.30. The van der Waals surface area contributed by atoms with Crippen LogP contribution in [0.4, 0.5) is 13.2 Å². The Hall–Kier alpha value is -1.51. The molecule has 0 atom stereocenters. The molecule has 2 rings (SSSR count). The highest BCUT2D eigenvalue weighted by atomic mass is 35.5. The van der Waals surface area contributed by atoms with Crippen LogP contribution in [0.1, 0.15) is 38.7 Å². The number of carbonyl (C=O) groups is 2. The molecule has 1 aliphatic carbocycles. The summed E-state index contributed by atoms with van der Waals surface area (Å²) in [6.07, 6.45) is -3.48. The molecule has 1 fully saturated rings. The van der Waals surface area contributed by atoms with Gasteiger partial charge in [-0.1, -0.05) is 11.6 Å². The third-order valence-corrected chi connectivity index (χ3v) is 5.65. The van der Waals surface area contributed by atoms with E-state index in [9.17, 15) is 22.8 Å². The van der Waals surface area contributed by atoms with Crippen molar-refractivity contribution in [3.63, 3.8) is 0 Å². The van der Waals surface area contributed by atoms with Crippen LogP contribution in [0, 0.1) is 5.92 Å². The van der Waals surface area contributed by atoms with Crippen molar-refractivity contribution < 1.29 is 27.6 Å². The molecular weight excluding hydrogens is 415 g/mol. The first-order chi connectivity index (χ1) is 13.1. The van der Waals surface area contributed by atoms with Gasteiger partial charge < -0.3 is 0 Å². The van der Waals surface area contributed by atoms with Crippen LogP contribution in [0.25, 0.3) is 0 Å². The van der Waals surface area contributed by atoms with Crippen molar-refractivity contribution in [2.45, 2.75) is 44.2 Å². The maximum absolute atomic E-state index is 12.9. The molecule has 0 spiro atoms. The third-order valence-electron chi connectivity index (χ3n) is 4.29. The number of hydrogen-bond acceptors (Lipinski definition) is 5.